The second-order valence-electron chi connectivity index (χ2n) is 4.61. The number of imidazole rings is 1. The Morgan fingerprint density at radius 3 is 2.55 bits per heavy atom. The summed E-state index contributed by atoms with van der Waals surface area (Å²) in [6.45, 7) is 4.83. The summed E-state index contributed by atoms with van der Waals surface area (Å²) in [7, 11) is 0. The predicted molar refractivity (Wildman–Crippen MR) is 82.4 cm³/mol. The van der Waals surface area contributed by atoms with Gasteiger partial charge in [0.1, 0.15) is 11.9 Å². The number of unbranched alkanes of at least 4 members (excludes halogenated alkanes) is 1. The van der Waals surface area contributed by atoms with Crippen LogP contribution in [0.4, 0.5) is 9.59 Å². The van der Waals surface area contributed by atoms with Gasteiger partial charge in [-0.3, -0.25) is 0 Å². The topological polar surface area (TPSA) is 113 Å². The molecule has 0 aliphatic rings. The van der Waals surface area contributed by atoms with Crippen LogP contribution in [-0.2, 0) is 6.42 Å². The van der Waals surface area contributed by atoms with E-state index in [2.05, 4.69) is 23.0 Å². The predicted octanol–water partition coefficient (Wildman–Crippen LogP) is 1.24. The number of carboxylic acid groups (broad SMARTS) is 1. The number of nitrogens with two attached hydrogens (primary N) is 1. The molecule has 0 saturated carbocycles. The van der Waals surface area contributed by atoms with Gasteiger partial charge < -0.3 is 21.0 Å². The minimum atomic E-state index is -1.58. The zero-order chi connectivity index (χ0) is 16.5. The molecule has 1 heterocycles. The van der Waals surface area contributed by atoms with E-state index in [4.69, 9.17) is 9.90 Å². The van der Waals surface area contributed by atoms with Crippen molar-refractivity contribution in [1.29, 1.82) is 0 Å². The number of fused-ring (bicyclic) bond motifs is 1. The first-order chi connectivity index (χ1) is 10.5. The van der Waals surface area contributed by atoms with Crippen molar-refractivity contribution >= 4 is 23.2 Å². The molecule has 7 heteroatoms. The van der Waals surface area contributed by atoms with E-state index in [0.29, 0.717) is 6.54 Å². The number of primary amides is 1. The summed E-state index contributed by atoms with van der Waals surface area (Å²) < 4.78 is 1.69. The van der Waals surface area contributed by atoms with Crippen molar-refractivity contribution < 1.29 is 14.7 Å². The Bertz CT molecular complexity index is 633. The summed E-state index contributed by atoms with van der Waals surface area (Å²) >= 11 is 0. The number of benzene rings is 1. The van der Waals surface area contributed by atoms with Gasteiger partial charge in [-0.05, 0) is 18.6 Å². The van der Waals surface area contributed by atoms with Crippen molar-refractivity contribution in [2.45, 2.75) is 33.1 Å². The lowest BCUT2D eigenvalue weighted by Gasteiger charge is -2.08. The Labute approximate surface area is 129 Å². The molecule has 0 aliphatic carbocycles. The number of aryl methyl sites for hydroxylation is 1. The summed E-state index contributed by atoms with van der Waals surface area (Å²) in [4.78, 5) is 25.3. The molecule has 0 radical (unpaired) electrons. The number of para-hydroxylation sites is 2. The Kier molecular flexibility index (Phi) is 6.88. The minimum Gasteiger partial charge on any atom is -0.530 e. The number of hydrogen-bond acceptors (Lipinski definition) is 4. The van der Waals surface area contributed by atoms with Gasteiger partial charge in [-0.1, -0.05) is 32.4 Å². The van der Waals surface area contributed by atoms with E-state index in [1.807, 2.05) is 31.2 Å². The minimum absolute atomic E-state index is 0.0750. The average Bonchev–Trinajstić information content (AvgIpc) is 2.85. The number of amides is 2. The fourth-order valence-corrected chi connectivity index (χ4v) is 1.99. The maximum Gasteiger partial charge on any atom is 0.327 e. The van der Waals surface area contributed by atoms with Crippen LogP contribution < -0.4 is 16.2 Å². The highest BCUT2D eigenvalue weighted by Crippen LogP contribution is 2.15. The maximum atomic E-state index is 12.2. The fourth-order valence-electron chi connectivity index (χ4n) is 1.99. The van der Waals surface area contributed by atoms with Crippen molar-refractivity contribution in [1.82, 2.24) is 14.9 Å². The van der Waals surface area contributed by atoms with E-state index in [9.17, 15) is 4.79 Å². The number of aromatic nitrogens is 2. The SMILES string of the molecule is CCCCNC(=O)n1c(CC)nc2ccccc21.NC(=O)[O-]. The van der Waals surface area contributed by atoms with Crippen molar-refractivity contribution in [2.24, 2.45) is 5.73 Å². The van der Waals surface area contributed by atoms with Gasteiger partial charge in [-0.15, -0.1) is 0 Å². The third-order valence-corrected chi connectivity index (χ3v) is 2.96. The largest absolute Gasteiger partial charge is 0.530 e. The number of nitrogens with zero attached hydrogens (tertiary/aromatic N) is 2. The van der Waals surface area contributed by atoms with Gasteiger partial charge in [0, 0.05) is 13.0 Å². The molecule has 22 heavy (non-hydrogen) atoms. The van der Waals surface area contributed by atoms with Crippen LogP contribution in [0.25, 0.3) is 11.0 Å². The van der Waals surface area contributed by atoms with Gasteiger partial charge in [-0.2, -0.15) is 0 Å². The molecule has 120 valence electrons. The molecule has 0 fully saturated rings. The van der Waals surface area contributed by atoms with Crippen LogP contribution in [0.5, 0.6) is 0 Å². The van der Waals surface area contributed by atoms with Gasteiger partial charge >= 0.3 is 6.03 Å². The highest BCUT2D eigenvalue weighted by atomic mass is 16.4. The van der Waals surface area contributed by atoms with Crippen molar-refractivity contribution in [3.63, 3.8) is 0 Å². The zero-order valence-electron chi connectivity index (χ0n) is 12.8. The highest BCUT2D eigenvalue weighted by molar-refractivity contribution is 5.90. The first kappa shape index (κ1) is 17.5. The lowest BCUT2D eigenvalue weighted by molar-refractivity contribution is -0.245. The smallest absolute Gasteiger partial charge is 0.327 e. The number of carbonyl (C=O) groups excluding carboxylic acids is 2. The van der Waals surface area contributed by atoms with Gasteiger partial charge in [-0.25, -0.2) is 14.3 Å². The molecule has 1 aromatic carbocycles. The summed E-state index contributed by atoms with van der Waals surface area (Å²) in [6.07, 6.45) is 1.24. The van der Waals surface area contributed by atoms with Gasteiger partial charge in [0.15, 0.2) is 0 Å². The molecule has 7 nitrogen and oxygen atoms in total. The van der Waals surface area contributed by atoms with Crippen molar-refractivity contribution in [2.75, 3.05) is 6.54 Å². The van der Waals surface area contributed by atoms with Crippen LogP contribution in [0.1, 0.15) is 32.5 Å². The molecule has 2 aromatic rings. The fraction of sp³-hybridized carbons (Fsp3) is 0.400. The molecule has 2 rings (SSSR count). The van der Waals surface area contributed by atoms with E-state index in [0.717, 1.165) is 36.1 Å². The van der Waals surface area contributed by atoms with E-state index < -0.39 is 6.09 Å². The zero-order valence-corrected chi connectivity index (χ0v) is 12.8. The monoisotopic (exact) mass is 305 g/mol. The highest BCUT2D eigenvalue weighted by Gasteiger charge is 2.14. The number of nitrogens with one attached hydrogen (secondary N) is 1. The molecule has 0 bridgehead atoms. The Hall–Kier alpha value is -2.57. The Morgan fingerprint density at radius 1 is 1.32 bits per heavy atom. The van der Waals surface area contributed by atoms with E-state index in [-0.39, 0.29) is 6.03 Å². The van der Waals surface area contributed by atoms with Crippen LogP contribution in [0.3, 0.4) is 0 Å². The second kappa shape index (κ2) is 8.66. The normalized spacial score (nSPS) is 9.91. The quantitative estimate of drug-likeness (QED) is 0.827. The molecule has 0 spiro atoms. The van der Waals surface area contributed by atoms with Crippen LogP contribution in [-0.4, -0.2) is 28.2 Å². The van der Waals surface area contributed by atoms with Gasteiger partial charge in [0.05, 0.1) is 11.0 Å². The van der Waals surface area contributed by atoms with Crippen molar-refractivity contribution in [3.05, 3.63) is 30.1 Å². The van der Waals surface area contributed by atoms with Crippen molar-refractivity contribution in [3.8, 4) is 0 Å². The van der Waals surface area contributed by atoms with E-state index in [1.54, 1.807) is 4.57 Å². The van der Waals surface area contributed by atoms with Gasteiger partial charge in [0.25, 0.3) is 0 Å². The molecule has 1 aromatic heterocycles. The van der Waals surface area contributed by atoms with E-state index in [1.165, 1.54) is 0 Å². The van der Waals surface area contributed by atoms with Crippen LogP contribution in [0.15, 0.2) is 24.3 Å². The third kappa shape index (κ3) is 4.76. The molecular formula is C15H21N4O3-. The second-order valence-corrected chi connectivity index (χ2v) is 4.61. The van der Waals surface area contributed by atoms with Gasteiger partial charge in [0.2, 0.25) is 0 Å². The summed E-state index contributed by atoms with van der Waals surface area (Å²) in [5.74, 6) is 0.810. The molecular weight excluding hydrogens is 284 g/mol. The summed E-state index contributed by atoms with van der Waals surface area (Å²) in [6, 6.07) is 7.66. The maximum absolute atomic E-state index is 12.2. The standard InChI is InChI=1S/C14H19N3O.CH3NO2/c1-3-5-10-15-14(18)17-12-9-7-6-8-11(12)16-13(17)4-2;2-1(3)4/h6-9H,3-5,10H2,1-2H3,(H,15,18);2H2,(H,3,4)/p-1. The number of rotatable bonds is 4. The molecule has 0 unspecified atom stereocenters. The Morgan fingerprint density at radius 2 is 1.95 bits per heavy atom. The average molecular weight is 305 g/mol. The third-order valence-electron chi connectivity index (χ3n) is 2.96. The lowest BCUT2D eigenvalue weighted by Crippen LogP contribution is -2.30. The number of hydrogen-bond donors (Lipinski definition) is 2. The number of carbonyl (C=O) groups is 2. The summed E-state index contributed by atoms with van der Waals surface area (Å²) in [5, 5.41) is 11.6. The van der Waals surface area contributed by atoms with E-state index >= 15 is 0 Å². The molecule has 0 saturated heterocycles. The first-order valence-electron chi connectivity index (χ1n) is 7.22. The summed E-state index contributed by atoms with van der Waals surface area (Å²) in [5.41, 5.74) is 5.67. The Balaban J connectivity index is 0.000000541. The lowest BCUT2D eigenvalue weighted by atomic mass is 10.3. The van der Waals surface area contributed by atoms with Crippen LogP contribution >= 0.6 is 0 Å². The van der Waals surface area contributed by atoms with Crippen LogP contribution in [0.2, 0.25) is 0 Å². The molecule has 2 amide bonds. The van der Waals surface area contributed by atoms with Crippen LogP contribution in [0, 0.1) is 0 Å². The molecule has 3 N–H and O–H groups in total. The first-order valence-corrected chi connectivity index (χ1v) is 7.22. The molecule has 0 aliphatic heterocycles. The molecule has 0 atom stereocenters.